The zero-order valence-electron chi connectivity index (χ0n) is 27.6. The fourth-order valence-corrected chi connectivity index (χ4v) is 9.87. The predicted octanol–water partition coefficient (Wildman–Crippen LogP) is 13.3. The van der Waals surface area contributed by atoms with Gasteiger partial charge in [0.15, 0.2) is 0 Å². The number of fused-ring (bicyclic) bond motifs is 10. The van der Waals surface area contributed by atoms with E-state index in [1.54, 1.807) is 0 Å². The molecule has 0 amide bonds. The van der Waals surface area contributed by atoms with Crippen molar-refractivity contribution in [2.75, 3.05) is 4.90 Å². The number of hydrogen-bond donors (Lipinski definition) is 0. The van der Waals surface area contributed by atoms with Crippen LogP contribution >= 0.6 is 11.3 Å². The third-order valence-electron chi connectivity index (χ3n) is 11.2. The third kappa shape index (κ3) is 3.78. The van der Waals surface area contributed by atoms with Crippen molar-refractivity contribution in [3.63, 3.8) is 0 Å². The van der Waals surface area contributed by atoms with Gasteiger partial charge in [-0.3, -0.25) is 0 Å². The van der Waals surface area contributed by atoms with Crippen LogP contribution in [0.1, 0.15) is 49.9 Å². The molecule has 8 aromatic rings. The number of nitrogens with zero attached hydrogens (tertiary/aromatic N) is 1. The summed E-state index contributed by atoms with van der Waals surface area (Å²) in [6, 6.07) is 52.6. The van der Waals surface area contributed by atoms with Crippen molar-refractivity contribution >= 4 is 59.3 Å². The minimum Gasteiger partial charge on any atom is -0.310 e. The van der Waals surface area contributed by atoms with E-state index >= 15 is 0 Å². The highest BCUT2D eigenvalue weighted by Gasteiger charge is 2.37. The minimum absolute atomic E-state index is 0.0320. The molecule has 0 unspecified atom stereocenters. The number of hydrogen-bond acceptors (Lipinski definition) is 2. The van der Waals surface area contributed by atoms with E-state index in [0.717, 1.165) is 5.69 Å². The van der Waals surface area contributed by atoms with Gasteiger partial charge in [0.2, 0.25) is 0 Å². The van der Waals surface area contributed by atoms with E-state index in [4.69, 9.17) is 0 Å². The molecule has 0 aliphatic heterocycles. The Labute approximate surface area is 285 Å². The van der Waals surface area contributed by atoms with Gasteiger partial charge in [0, 0.05) is 48.1 Å². The Morgan fingerprint density at radius 3 is 1.56 bits per heavy atom. The second kappa shape index (κ2) is 9.69. The molecule has 0 N–H and O–H groups in total. The summed E-state index contributed by atoms with van der Waals surface area (Å²) in [4.78, 5) is 2.47. The summed E-state index contributed by atoms with van der Waals surface area (Å²) < 4.78 is 2.68. The molecule has 0 fully saturated rings. The second-order valence-electron chi connectivity index (χ2n) is 14.6. The molecule has 2 heteroatoms. The van der Waals surface area contributed by atoms with Crippen LogP contribution in [0.3, 0.4) is 0 Å². The van der Waals surface area contributed by atoms with Gasteiger partial charge in [-0.05, 0) is 110 Å². The van der Waals surface area contributed by atoms with Crippen LogP contribution in [-0.4, -0.2) is 0 Å². The molecule has 2 aliphatic carbocycles. The molecule has 48 heavy (non-hydrogen) atoms. The summed E-state index contributed by atoms with van der Waals surface area (Å²) in [5.74, 6) is 0. The number of benzene rings is 7. The maximum absolute atomic E-state index is 2.47. The van der Waals surface area contributed by atoms with Crippen molar-refractivity contribution in [3.05, 3.63) is 162 Å². The average Bonchev–Trinajstić information content (AvgIpc) is 3.66. The first-order valence-corrected chi connectivity index (χ1v) is 17.7. The van der Waals surface area contributed by atoms with Crippen LogP contribution in [0.5, 0.6) is 0 Å². The van der Waals surface area contributed by atoms with Crippen molar-refractivity contribution < 1.29 is 0 Å². The van der Waals surface area contributed by atoms with E-state index in [-0.39, 0.29) is 10.8 Å². The van der Waals surface area contributed by atoms with Gasteiger partial charge in [-0.25, -0.2) is 0 Å². The molecular formula is C46H35NS. The molecule has 0 bridgehead atoms. The Hall–Kier alpha value is -5.18. The van der Waals surface area contributed by atoms with E-state index in [1.165, 1.54) is 86.8 Å². The van der Waals surface area contributed by atoms with Crippen LogP contribution in [0.2, 0.25) is 0 Å². The molecule has 10 rings (SSSR count). The molecule has 0 saturated heterocycles. The van der Waals surface area contributed by atoms with Gasteiger partial charge in [0.05, 0.1) is 0 Å². The Morgan fingerprint density at radius 2 is 0.917 bits per heavy atom. The van der Waals surface area contributed by atoms with Crippen molar-refractivity contribution in [2.24, 2.45) is 0 Å². The van der Waals surface area contributed by atoms with Crippen LogP contribution in [0.15, 0.2) is 140 Å². The maximum Gasteiger partial charge on any atom is 0.0468 e. The number of anilines is 3. The van der Waals surface area contributed by atoms with E-state index in [0.29, 0.717) is 0 Å². The summed E-state index contributed by atoms with van der Waals surface area (Å²) in [6.07, 6.45) is 0. The molecule has 2 aliphatic rings. The summed E-state index contributed by atoms with van der Waals surface area (Å²) >= 11 is 1.88. The fourth-order valence-electron chi connectivity index (χ4n) is 8.74. The molecule has 230 valence electrons. The standard InChI is InChI=1S/C46H35NS/c1-45(2)39-14-8-5-11-33(39)36-26-31(19-21-41(36)45)47(32-20-22-42-37(27-32)34-12-6-9-15-40(34)46(42,3)4)30-18-17-28-25-44-38(24-29(28)23-30)35-13-7-10-16-43(35)48-44/h5-27H,1-4H3. The molecule has 0 saturated carbocycles. The average molecular weight is 634 g/mol. The van der Waals surface area contributed by atoms with Crippen LogP contribution in [-0.2, 0) is 10.8 Å². The van der Waals surface area contributed by atoms with Crippen molar-refractivity contribution in [2.45, 2.75) is 38.5 Å². The van der Waals surface area contributed by atoms with Crippen LogP contribution < -0.4 is 4.90 Å². The Bertz CT molecular complexity index is 2530. The largest absolute Gasteiger partial charge is 0.310 e. The predicted molar refractivity (Wildman–Crippen MR) is 207 cm³/mol. The zero-order chi connectivity index (χ0) is 32.4. The number of rotatable bonds is 3. The summed E-state index contributed by atoms with van der Waals surface area (Å²) in [5.41, 5.74) is 14.4. The molecule has 1 nitrogen and oxygen atoms in total. The molecule has 0 radical (unpaired) electrons. The summed E-state index contributed by atoms with van der Waals surface area (Å²) in [6.45, 7) is 9.42. The van der Waals surface area contributed by atoms with Crippen LogP contribution in [0.25, 0.3) is 53.2 Å². The van der Waals surface area contributed by atoms with Gasteiger partial charge in [-0.1, -0.05) is 113 Å². The first-order valence-electron chi connectivity index (χ1n) is 16.9. The Kier molecular flexibility index (Phi) is 5.63. The molecular weight excluding hydrogens is 599 g/mol. The summed E-state index contributed by atoms with van der Waals surface area (Å²) in [5, 5.41) is 5.20. The Morgan fingerprint density at radius 1 is 0.396 bits per heavy atom. The lowest BCUT2D eigenvalue weighted by Crippen LogP contribution is -2.16. The lowest BCUT2D eigenvalue weighted by atomic mass is 9.82. The SMILES string of the molecule is CC1(C)c2ccccc2-c2cc(N(c3ccc4c(c3)-c3ccccc3C4(C)C)c3ccc4cc5sc6ccccc6c5cc4c3)ccc21. The van der Waals surface area contributed by atoms with Gasteiger partial charge >= 0.3 is 0 Å². The molecule has 0 spiro atoms. The zero-order valence-corrected chi connectivity index (χ0v) is 28.5. The smallest absolute Gasteiger partial charge is 0.0468 e. The quantitative estimate of drug-likeness (QED) is 0.187. The highest BCUT2D eigenvalue weighted by molar-refractivity contribution is 7.25. The molecule has 1 aromatic heterocycles. The van der Waals surface area contributed by atoms with Gasteiger partial charge in [-0.2, -0.15) is 0 Å². The highest BCUT2D eigenvalue weighted by Crippen LogP contribution is 2.53. The lowest BCUT2D eigenvalue weighted by molar-refractivity contribution is 0.660. The van der Waals surface area contributed by atoms with E-state index in [1.807, 2.05) is 11.3 Å². The molecule has 1 heterocycles. The Balaban J connectivity index is 1.21. The summed E-state index contributed by atoms with van der Waals surface area (Å²) in [7, 11) is 0. The third-order valence-corrected chi connectivity index (χ3v) is 12.4. The van der Waals surface area contributed by atoms with Crippen molar-refractivity contribution in [3.8, 4) is 22.3 Å². The fraction of sp³-hybridized carbons (Fsp3) is 0.130. The minimum atomic E-state index is -0.0320. The first-order chi connectivity index (χ1) is 23.3. The first kappa shape index (κ1) is 27.9. The topological polar surface area (TPSA) is 3.24 Å². The second-order valence-corrected chi connectivity index (χ2v) is 15.7. The van der Waals surface area contributed by atoms with E-state index in [2.05, 4.69) is 172 Å². The van der Waals surface area contributed by atoms with Gasteiger partial charge in [0.25, 0.3) is 0 Å². The van der Waals surface area contributed by atoms with E-state index in [9.17, 15) is 0 Å². The monoisotopic (exact) mass is 633 g/mol. The van der Waals surface area contributed by atoms with Crippen molar-refractivity contribution in [1.29, 1.82) is 0 Å². The lowest BCUT2D eigenvalue weighted by Gasteiger charge is -2.28. The molecule has 7 aromatic carbocycles. The maximum atomic E-state index is 2.47. The van der Waals surface area contributed by atoms with Gasteiger partial charge < -0.3 is 4.90 Å². The number of thiophene rings is 1. The van der Waals surface area contributed by atoms with Gasteiger partial charge in [-0.15, -0.1) is 11.3 Å². The van der Waals surface area contributed by atoms with Crippen molar-refractivity contribution in [1.82, 2.24) is 0 Å². The molecule has 0 atom stereocenters. The highest BCUT2D eigenvalue weighted by atomic mass is 32.1. The van der Waals surface area contributed by atoms with Crippen LogP contribution in [0.4, 0.5) is 17.1 Å². The van der Waals surface area contributed by atoms with Gasteiger partial charge in [0.1, 0.15) is 0 Å². The van der Waals surface area contributed by atoms with E-state index < -0.39 is 0 Å². The van der Waals surface area contributed by atoms with Crippen LogP contribution in [0, 0.1) is 0 Å². The normalized spacial score (nSPS) is 15.0.